The first-order valence-electron chi connectivity index (χ1n) is 13.1. The molecular formula is C29H35N3O3. The molecule has 0 N–H and O–H groups in total. The lowest BCUT2D eigenvalue weighted by Gasteiger charge is -2.33. The standard InChI is InChI=1S/C29H35N3O3/c1-21-9-14-26-27(20-21)31(24-12-10-22(11-13-24)6-5-17-33)29(34)32(25-15-18-35-19-16-25)30-28(26)23-7-3-2-4-8-23/h9-14,17,20,23,25H,2-8,15-16,18-19H2,1H3. The number of fused-ring (bicyclic) bond motifs is 1. The third-order valence-corrected chi connectivity index (χ3v) is 7.55. The van der Waals surface area contributed by atoms with Gasteiger partial charge in [0.25, 0.3) is 0 Å². The minimum atomic E-state index is -0.102. The number of urea groups is 1. The molecule has 1 saturated carbocycles. The second-order valence-electron chi connectivity index (χ2n) is 10.0. The van der Waals surface area contributed by atoms with Crippen LogP contribution < -0.4 is 4.90 Å². The number of aldehydes is 1. The van der Waals surface area contributed by atoms with Crippen molar-refractivity contribution in [3.8, 4) is 0 Å². The molecule has 184 valence electrons. The quantitative estimate of drug-likeness (QED) is 0.472. The topological polar surface area (TPSA) is 62.2 Å². The van der Waals surface area contributed by atoms with Crippen LogP contribution >= 0.6 is 0 Å². The van der Waals surface area contributed by atoms with Gasteiger partial charge >= 0.3 is 6.03 Å². The summed E-state index contributed by atoms with van der Waals surface area (Å²) in [5.41, 5.74) is 6.07. The van der Waals surface area contributed by atoms with Gasteiger partial charge in [-0.1, -0.05) is 43.5 Å². The fraction of sp³-hybridized carbons (Fsp3) is 0.483. The van der Waals surface area contributed by atoms with E-state index in [4.69, 9.17) is 9.84 Å². The molecule has 2 aromatic rings. The summed E-state index contributed by atoms with van der Waals surface area (Å²) in [6.07, 6.45) is 9.67. The van der Waals surface area contributed by atoms with E-state index in [1.807, 2.05) is 29.2 Å². The van der Waals surface area contributed by atoms with Gasteiger partial charge in [0.15, 0.2) is 0 Å². The summed E-state index contributed by atoms with van der Waals surface area (Å²) in [4.78, 5) is 26.9. The number of carbonyl (C=O) groups is 2. The molecule has 6 heteroatoms. The highest BCUT2D eigenvalue weighted by Gasteiger charge is 2.37. The van der Waals surface area contributed by atoms with Crippen LogP contribution in [0.5, 0.6) is 0 Å². The number of anilines is 2. The number of hydrazone groups is 1. The largest absolute Gasteiger partial charge is 0.381 e. The fourth-order valence-electron chi connectivity index (χ4n) is 5.59. The molecule has 3 aliphatic rings. The maximum atomic E-state index is 14.3. The Balaban J connectivity index is 1.62. The molecule has 0 bridgehead atoms. The maximum absolute atomic E-state index is 14.3. The Hall–Kier alpha value is -2.99. The summed E-state index contributed by atoms with van der Waals surface area (Å²) in [6, 6.07) is 14.4. The smallest absolute Gasteiger partial charge is 0.349 e. The van der Waals surface area contributed by atoms with Crippen molar-refractivity contribution in [3.63, 3.8) is 0 Å². The molecule has 1 saturated heterocycles. The molecule has 35 heavy (non-hydrogen) atoms. The van der Waals surface area contributed by atoms with Crippen LogP contribution in [0.15, 0.2) is 47.6 Å². The van der Waals surface area contributed by atoms with Gasteiger partial charge in [-0.15, -0.1) is 0 Å². The van der Waals surface area contributed by atoms with E-state index in [0.29, 0.717) is 32.0 Å². The SMILES string of the molecule is Cc1ccc2c(c1)N(c1ccc(CCC=O)cc1)C(=O)N(C1CCOCC1)N=C2C1CCCCC1. The molecule has 0 aromatic heterocycles. The van der Waals surface area contributed by atoms with Crippen molar-refractivity contribution in [2.45, 2.75) is 70.8 Å². The highest BCUT2D eigenvalue weighted by atomic mass is 16.5. The molecular weight excluding hydrogens is 438 g/mol. The molecule has 1 aliphatic carbocycles. The van der Waals surface area contributed by atoms with Gasteiger partial charge in [0.1, 0.15) is 6.29 Å². The van der Waals surface area contributed by atoms with Crippen molar-refractivity contribution in [2.75, 3.05) is 18.1 Å². The van der Waals surface area contributed by atoms with E-state index in [2.05, 4.69) is 25.1 Å². The van der Waals surface area contributed by atoms with Crippen LogP contribution in [0.4, 0.5) is 16.2 Å². The molecule has 2 amide bonds. The summed E-state index contributed by atoms with van der Waals surface area (Å²) < 4.78 is 5.61. The summed E-state index contributed by atoms with van der Waals surface area (Å²) in [5.74, 6) is 0.367. The number of rotatable bonds is 6. The average molecular weight is 474 g/mol. The molecule has 6 nitrogen and oxygen atoms in total. The second-order valence-corrected chi connectivity index (χ2v) is 10.0. The van der Waals surface area contributed by atoms with Crippen molar-refractivity contribution < 1.29 is 14.3 Å². The summed E-state index contributed by atoms with van der Waals surface area (Å²) in [7, 11) is 0. The number of hydrogen-bond acceptors (Lipinski definition) is 4. The van der Waals surface area contributed by atoms with Crippen molar-refractivity contribution in [1.29, 1.82) is 0 Å². The van der Waals surface area contributed by atoms with E-state index < -0.39 is 0 Å². The monoisotopic (exact) mass is 473 g/mol. The molecule has 2 fully saturated rings. The Morgan fingerprint density at radius 2 is 1.74 bits per heavy atom. The number of aryl methyl sites for hydroxylation is 2. The zero-order chi connectivity index (χ0) is 24.2. The first-order chi connectivity index (χ1) is 17.2. The van der Waals surface area contributed by atoms with Crippen LogP contribution in [-0.4, -0.2) is 42.3 Å². The predicted molar refractivity (Wildman–Crippen MR) is 138 cm³/mol. The molecule has 2 aromatic carbocycles. The van der Waals surface area contributed by atoms with Crippen LogP contribution in [0.1, 0.15) is 68.1 Å². The van der Waals surface area contributed by atoms with Crippen molar-refractivity contribution in [1.82, 2.24) is 5.01 Å². The minimum Gasteiger partial charge on any atom is -0.381 e. The molecule has 0 unspecified atom stereocenters. The van der Waals surface area contributed by atoms with Crippen molar-refractivity contribution in [2.24, 2.45) is 11.0 Å². The first kappa shape index (κ1) is 23.7. The van der Waals surface area contributed by atoms with Gasteiger partial charge in [0, 0.05) is 31.1 Å². The van der Waals surface area contributed by atoms with Crippen molar-refractivity contribution in [3.05, 3.63) is 59.2 Å². The maximum Gasteiger partial charge on any atom is 0.349 e. The van der Waals surface area contributed by atoms with Gasteiger partial charge in [-0.2, -0.15) is 5.10 Å². The fourth-order valence-corrected chi connectivity index (χ4v) is 5.59. The van der Waals surface area contributed by atoms with Crippen LogP contribution in [0.25, 0.3) is 0 Å². The van der Waals surface area contributed by atoms with Gasteiger partial charge in [-0.05, 0) is 68.4 Å². The zero-order valence-corrected chi connectivity index (χ0v) is 20.6. The lowest BCUT2D eigenvalue weighted by molar-refractivity contribution is -0.107. The van der Waals surface area contributed by atoms with Crippen LogP contribution in [0, 0.1) is 12.8 Å². The molecule has 0 atom stereocenters. The highest BCUT2D eigenvalue weighted by molar-refractivity contribution is 6.14. The van der Waals surface area contributed by atoms with Gasteiger partial charge < -0.3 is 9.53 Å². The molecule has 2 heterocycles. The zero-order valence-electron chi connectivity index (χ0n) is 20.6. The van der Waals surface area contributed by atoms with Crippen molar-refractivity contribution >= 4 is 29.4 Å². The first-order valence-corrected chi connectivity index (χ1v) is 13.1. The number of hydrogen-bond donors (Lipinski definition) is 0. The van der Waals surface area contributed by atoms with E-state index in [1.54, 1.807) is 5.01 Å². The summed E-state index contributed by atoms with van der Waals surface area (Å²) in [6.45, 7) is 3.38. The lowest BCUT2D eigenvalue weighted by Crippen LogP contribution is -2.45. The highest BCUT2D eigenvalue weighted by Crippen LogP contribution is 2.39. The summed E-state index contributed by atoms with van der Waals surface area (Å²) >= 11 is 0. The van der Waals surface area contributed by atoms with Gasteiger partial charge in [-0.3, -0.25) is 4.90 Å². The molecule has 2 aliphatic heterocycles. The lowest BCUT2D eigenvalue weighted by atomic mass is 9.82. The number of carbonyl (C=O) groups excluding carboxylic acids is 2. The van der Waals surface area contributed by atoms with Crippen LogP contribution in [0.3, 0.4) is 0 Å². The Bertz CT molecular complexity index is 1080. The van der Waals surface area contributed by atoms with Crippen LogP contribution in [0.2, 0.25) is 0 Å². The van der Waals surface area contributed by atoms with E-state index in [9.17, 15) is 9.59 Å². The minimum absolute atomic E-state index is 0.0274. The normalized spacial score (nSPS) is 19.8. The summed E-state index contributed by atoms with van der Waals surface area (Å²) in [5, 5.41) is 6.94. The Kier molecular flexibility index (Phi) is 7.28. The average Bonchev–Trinajstić information content (AvgIpc) is 3.02. The Labute approximate surface area is 207 Å². The number of nitrogens with zero attached hydrogens (tertiary/aromatic N) is 3. The molecule has 0 radical (unpaired) electrons. The Morgan fingerprint density at radius 3 is 2.46 bits per heavy atom. The number of benzene rings is 2. The van der Waals surface area contributed by atoms with Gasteiger partial charge in [-0.25, -0.2) is 9.80 Å². The predicted octanol–water partition coefficient (Wildman–Crippen LogP) is 6.16. The third-order valence-electron chi connectivity index (χ3n) is 7.55. The van der Waals surface area contributed by atoms with E-state index in [1.165, 1.54) is 19.3 Å². The molecule has 0 spiro atoms. The van der Waals surface area contributed by atoms with E-state index in [-0.39, 0.29) is 12.1 Å². The second kappa shape index (κ2) is 10.7. The van der Waals surface area contributed by atoms with Gasteiger partial charge in [0.05, 0.1) is 23.1 Å². The van der Waals surface area contributed by atoms with Crippen LogP contribution in [-0.2, 0) is 16.0 Å². The third kappa shape index (κ3) is 5.03. The number of amides is 2. The Morgan fingerprint density at radius 1 is 1.00 bits per heavy atom. The number of ether oxygens (including phenoxy) is 1. The van der Waals surface area contributed by atoms with E-state index in [0.717, 1.165) is 65.7 Å². The van der Waals surface area contributed by atoms with Gasteiger partial charge in [0.2, 0.25) is 0 Å². The van der Waals surface area contributed by atoms with E-state index >= 15 is 0 Å². The molecule has 5 rings (SSSR count).